The van der Waals surface area contributed by atoms with Crippen LogP contribution in [-0.4, -0.2) is 56.7 Å². The van der Waals surface area contributed by atoms with Gasteiger partial charge < -0.3 is 9.80 Å². The molecule has 0 radical (unpaired) electrons. The summed E-state index contributed by atoms with van der Waals surface area (Å²) in [5, 5.41) is 6.25. The van der Waals surface area contributed by atoms with Crippen molar-refractivity contribution in [2.24, 2.45) is 17.3 Å². The predicted molar refractivity (Wildman–Crippen MR) is 151 cm³/mol. The van der Waals surface area contributed by atoms with Gasteiger partial charge in [-0.2, -0.15) is 5.10 Å². The van der Waals surface area contributed by atoms with E-state index in [0.29, 0.717) is 36.4 Å². The second-order valence-corrected chi connectivity index (χ2v) is 12.5. The maximum absolute atomic E-state index is 13.0. The van der Waals surface area contributed by atoms with Crippen LogP contribution in [-0.2, 0) is 11.2 Å². The van der Waals surface area contributed by atoms with Gasteiger partial charge in [0.1, 0.15) is 11.6 Å². The molecular weight excluding hydrogens is 484 g/mol. The van der Waals surface area contributed by atoms with Gasteiger partial charge in [0.25, 0.3) is 0 Å². The Labute approximate surface area is 226 Å². The van der Waals surface area contributed by atoms with Gasteiger partial charge in [-0.3, -0.25) is 4.79 Å². The van der Waals surface area contributed by atoms with Crippen molar-refractivity contribution in [2.75, 3.05) is 31.1 Å². The molecule has 4 rings (SSSR count). The Kier molecular flexibility index (Phi) is 8.42. The van der Waals surface area contributed by atoms with E-state index in [-0.39, 0.29) is 11.3 Å². The first-order valence-electron chi connectivity index (χ1n) is 13.5. The Morgan fingerprint density at radius 2 is 1.81 bits per heavy atom. The minimum absolute atomic E-state index is 0.236. The lowest BCUT2D eigenvalue weighted by Crippen LogP contribution is -2.49. The Morgan fingerprint density at radius 3 is 2.46 bits per heavy atom. The second kappa shape index (κ2) is 11.4. The normalized spacial score (nSPS) is 15.6. The lowest BCUT2D eigenvalue weighted by Gasteiger charge is -2.36. The van der Waals surface area contributed by atoms with Crippen molar-refractivity contribution in [1.82, 2.24) is 24.6 Å². The van der Waals surface area contributed by atoms with E-state index in [1.807, 2.05) is 40.0 Å². The van der Waals surface area contributed by atoms with Crippen LogP contribution < -0.4 is 4.90 Å². The molecule has 1 saturated heterocycles. The van der Waals surface area contributed by atoms with E-state index in [2.05, 4.69) is 51.5 Å². The summed E-state index contributed by atoms with van der Waals surface area (Å²) in [6.07, 6.45) is 5.34. The molecule has 1 aromatic carbocycles. The number of amides is 1. The molecule has 1 aliphatic rings. The topological polar surface area (TPSA) is 67.2 Å². The van der Waals surface area contributed by atoms with Crippen LogP contribution >= 0.6 is 11.6 Å². The number of carbonyl (C=O) groups excluding carboxylic acids is 1. The Morgan fingerprint density at radius 1 is 1.08 bits per heavy atom. The van der Waals surface area contributed by atoms with Gasteiger partial charge in [-0.1, -0.05) is 59.2 Å². The van der Waals surface area contributed by atoms with Gasteiger partial charge in [-0.05, 0) is 48.3 Å². The van der Waals surface area contributed by atoms with Gasteiger partial charge in [0.05, 0.1) is 17.3 Å². The molecule has 1 fully saturated rings. The van der Waals surface area contributed by atoms with Crippen LogP contribution in [0.2, 0.25) is 5.02 Å². The number of nitrogens with zero attached hydrogens (tertiary/aromatic N) is 6. The van der Waals surface area contributed by atoms with Crippen molar-refractivity contribution < 1.29 is 4.79 Å². The molecule has 2 aromatic heterocycles. The van der Waals surface area contributed by atoms with Gasteiger partial charge in [-0.15, -0.1) is 0 Å². The SMILES string of the molecule is CC(C)CCc1nc(N2CCN(C(=O)C[C@H](C)CC(C)(C)C)CC2)c2cnn(-c3cccc(Cl)c3)c2n1. The smallest absolute Gasteiger partial charge is 0.222 e. The molecular formula is C29H41ClN6O. The van der Waals surface area contributed by atoms with Crippen molar-refractivity contribution in [1.29, 1.82) is 0 Å². The van der Waals surface area contributed by atoms with Gasteiger partial charge in [-0.25, -0.2) is 14.6 Å². The third kappa shape index (κ3) is 7.01. The van der Waals surface area contributed by atoms with Gasteiger partial charge in [0.15, 0.2) is 5.65 Å². The van der Waals surface area contributed by atoms with Gasteiger partial charge in [0.2, 0.25) is 5.91 Å². The van der Waals surface area contributed by atoms with Crippen molar-refractivity contribution in [3.63, 3.8) is 0 Å². The summed E-state index contributed by atoms with van der Waals surface area (Å²) in [7, 11) is 0. The summed E-state index contributed by atoms with van der Waals surface area (Å²) in [6.45, 7) is 16.2. The lowest BCUT2D eigenvalue weighted by molar-refractivity contribution is -0.132. The van der Waals surface area contributed by atoms with Gasteiger partial charge in [0, 0.05) is 44.0 Å². The summed E-state index contributed by atoms with van der Waals surface area (Å²) in [4.78, 5) is 27.2. The number of fused-ring (bicyclic) bond motifs is 1. The highest BCUT2D eigenvalue weighted by Gasteiger charge is 2.27. The minimum Gasteiger partial charge on any atom is -0.352 e. The zero-order valence-electron chi connectivity index (χ0n) is 23.2. The molecule has 0 N–H and O–H groups in total. The number of hydrogen-bond acceptors (Lipinski definition) is 5. The number of aromatic nitrogens is 4. The molecule has 0 aliphatic carbocycles. The zero-order chi connectivity index (χ0) is 26.7. The fourth-order valence-corrected chi connectivity index (χ4v) is 5.40. The Balaban J connectivity index is 1.56. The third-order valence-corrected chi connectivity index (χ3v) is 7.10. The number of carbonyl (C=O) groups is 1. The zero-order valence-corrected chi connectivity index (χ0v) is 23.9. The number of aryl methyl sites for hydroxylation is 1. The summed E-state index contributed by atoms with van der Waals surface area (Å²) in [5.41, 5.74) is 1.90. The maximum Gasteiger partial charge on any atom is 0.222 e. The summed E-state index contributed by atoms with van der Waals surface area (Å²) in [6, 6.07) is 7.66. The maximum atomic E-state index is 13.0. The Hall–Kier alpha value is -2.67. The summed E-state index contributed by atoms with van der Waals surface area (Å²) in [5.74, 6) is 2.94. The van der Waals surface area contributed by atoms with Crippen LogP contribution in [0.4, 0.5) is 5.82 Å². The highest BCUT2D eigenvalue weighted by molar-refractivity contribution is 6.30. The quantitative estimate of drug-likeness (QED) is 0.352. The molecule has 0 spiro atoms. The van der Waals surface area contributed by atoms with Crippen molar-refractivity contribution in [3.8, 4) is 5.69 Å². The number of rotatable bonds is 8. The summed E-state index contributed by atoms with van der Waals surface area (Å²) >= 11 is 6.27. The molecule has 3 heterocycles. The van der Waals surface area contributed by atoms with E-state index in [4.69, 9.17) is 21.6 Å². The molecule has 8 heteroatoms. The second-order valence-electron chi connectivity index (χ2n) is 12.1. The molecule has 1 aliphatic heterocycles. The van der Waals surface area contributed by atoms with Gasteiger partial charge >= 0.3 is 0 Å². The van der Waals surface area contributed by atoms with E-state index in [9.17, 15) is 4.79 Å². The highest BCUT2D eigenvalue weighted by atomic mass is 35.5. The predicted octanol–water partition coefficient (Wildman–Crippen LogP) is 6.17. The van der Waals surface area contributed by atoms with Crippen LogP contribution in [0.5, 0.6) is 0 Å². The lowest BCUT2D eigenvalue weighted by atomic mass is 9.84. The van der Waals surface area contributed by atoms with Crippen LogP contribution in [0, 0.1) is 17.3 Å². The first-order valence-corrected chi connectivity index (χ1v) is 13.9. The first-order chi connectivity index (χ1) is 17.5. The van der Waals surface area contributed by atoms with E-state index in [1.165, 1.54) is 0 Å². The number of anilines is 1. The number of piperazine rings is 1. The standard InChI is InChI=1S/C29H41ClN6O/c1-20(2)10-11-25-32-27(24-19-31-36(28(24)33-25)23-9-7-8-22(30)17-23)35-14-12-34(13-15-35)26(37)16-21(3)18-29(4,5)6/h7-9,17,19-21H,10-16,18H2,1-6H3/t21-/m0/s1. The van der Waals surface area contributed by atoms with E-state index in [0.717, 1.165) is 60.7 Å². The monoisotopic (exact) mass is 524 g/mol. The molecule has 7 nitrogen and oxygen atoms in total. The molecule has 0 unspecified atom stereocenters. The molecule has 200 valence electrons. The molecule has 1 atom stereocenters. The van der Waals surface area contributed by atoms with Crippen LogP contribution in [0.3, 0.4) is 0 Å². The highest BCUT2D eigenvalue weighted by Crippen LogP contribution is 2.29. The van der Waals surface area contributed by atoms with Crippen LogP contribution in [0.25, 0.3) is 16.7 Å². The average molecular weight is 525 g/mol. The average Bonchev–Trinajstić information content (AvgIpc) is 3.25. The fourth-order valence-electron chi connectivity index (χ4n) is 5.22. The van der Waals surface area contributed by atoms with E-state index >= 15 is 0 Å². The molecule has 0 bridgehead atoms. The summed E-state index contributed by atoms with van der Waals surface area (Å²) < 4.78 is 1.85. The van der Waals surface area contributed by atoms with E-state index < -0.39 is 0 Å². The third-order valence-electron chi connectivity index (χ3n) is 6.87. The van der Waals surface area contributed by atoms with Crippen LogP contribution in [0.15, 0.2) is 30.5 Å². The van der Waals surface area contributed by atoms with Crippen molar-refractivity contribution in [2.45, 2.75) is 67.2 Å². The molecule has 0 saturated carbocycles. The number of benzene rings is 1. The van der Waals surface area contributed by atoms with Crippen molar-refractivity contribution >= 4 is 34.4 Å². The molecule has 1 amide bonds. The number of hydrogen-bond donors (Lipinski definition) is 0. The molecule has 3 aromatic rings. The fraction of sp³-hybridized carbons (Fsp3) is 0.586. The van der Waals surface area contributed by atoms with E-state index in [1.54, 1.807) is 0 Å². The largest absolute Gasteiger partial charge is 0.352 e. The van der Waals surface area contributed by atoms with Crippen molar-refractivity contribution in [3.05, 3.63) is 41.3 Å². The molecule has 37 heavy (non-hydrogen) atoms. The number of halogens is 1. The Bertz CT molecular complexity index is 1220. The van der Waals surface area contributed by atoms with Crippen LogP contribution in [0.1, 0.15) is 66.6 Å². The minimum atomic E-state index is 0.236. The first kappa shape index (κ1) is 27.4.